The molecule has 0 bridgehead atoms. The summed E-state index contributed by atoms with van der Waals surface area (Å²) < 4.78 is 5.18. The number of carbonyl (C=O) groups is 2. The van der Waals surface area contributed by atoms with Crippen molar-refractivity contribution in [3.05, 3.63) is 48.6 Å². The number of unbranched alkanes of at least 4 members (excludes halogenated alkanes) is 3. The second-order valence-electron chi connectivity index (χ2n) is 5.27. The Morgan fingerprint density at radius 2 is 1.95 bits per heavy atom. The Kier molecular flexibility index (Phi) is 8.65. The number of rotatable bonds is 10. The average Bonchev–Trinajstić information content (AvgIpc) is 2.53. The van der Waals surface area contributed by atoms with Crippen LogP contribution in [-0.2, 0) is 20.9 Å². The number of hydrogen-bond acceptors (Lipinski definition) is 3. The van der Waals surface area contributed by atoms with Crippen molar-refractivity contribution in [3.63, 3.8) is 0 Å². The van der Waals surface area contributed by atoms with E-state index >= 15 is 0 Å². The van der Waals surface area contributed by atoms with Gasteiger partial charge in [0, 0.05) is 6.42 Å². The predicted molar refractivity (Wildman–Crippen MR) is 87.1 cm³/mol. The summed E-state index contributed by atoms with van der Waals surface area (Å²) in [4.78, 5) is 23.5. The van der Waals surface area contributed by atoms with Crippen LogP contribution in [0.1, 0.15) is 44.6 Å². The van der Waals surface area contributed by atoms with Gasteiger partial charge in [0.1, 0.15) is 12.6 Å². The summed E-state index contributed by atoms with van der Waals surface area (Å²) >= 11 is 0. The summed E-state index contributed by atoms with van der Waals surface area (Å²) in [6, 6.07) is 8.84. The lowest BCUT2D eigenvalue weighted by Crippen LogP contribution is -2.39. The van der Waals surface area contributed by atoms with E-state index < -0.39 is 12.0 Å². The molecule has 0 aliphatic carbocycles. The van der Waals surface area contributed by atoms with Crippen molar-refractivity contribution in [2.24, 2.45) is 0 Å². The van der Waals surface area contributed by atoms with Gasteiger partial charge in [-0.1, -0.05) is 42.8 Å². The molecule has 0 aromatic heterocycles. The van der Waals surface area contributed by atoms with Crippen molar-refractivity contribution >= 4 is 11.9 Å². The van der Waals surface area contributed by atoms with Gasteiger partial charge in [0.05, 0.1) is 0 Å². The molecular weight excluding hydrogens is 278 g/mol. The molecule has 0 heterocycles. The normalized spacial score (nSPS) is 11.5. The largest absolute Gasteiger partial charge is 0.459 e. The molecule has 4 heteroatoms. The molecular formula is C18H25NO3. The molecule has 0 spiro atoms. The number of carbonyl (C=O) groups excluding carboxylic acids is 2. The van der Waals surface area contributed by atoms with Crippen LogP contribution < -0.4 is 5.32 Å². The van der Waals surface area contributed by atoms with Crippen molar-refractivity contribution in [1.29, 1.82) is 0 Å². The average molecular weight is 303 g/mol. The van der Waals surface area contributed by atoms with E-state index in [9.17, 15) is 9.59 Å². The molecule has 0 saturated carbocycles. The minimum Gasteiger partial charge on any atom is -0.459 e. The Hall–Kier alpha value is -2.10. The standard InChI is InChI=1S/C18H25NO3/c1-3-4-5-6-10-13-17(20)19-15(2)18(21)22-14-16-11-8-7-9-12-16/h3,7-9,11-12,15H,1,4-6,10,13-14H2,2H3,(H,19,20)/t15-/m0/s1. The lowest BCUT2D eigenvalue weighted by atomic mass is 10.1. The van der Waals surface area contributed by atoms with Gasteiger partial charge in [0.15, 0.2) is 0 Å². The van der Waals surface area contributed by atoms with Gasteiger partial charge >= 0.3 is 5.97 Å². The molecule has 1 atom stereocenters. The first kappa shape index (κ1) is 18.0. The molecule has 1 aromatic rings. The van der Waals surface area contributed by atoms with Gasteiger partial charge in [-0.05, 0) is 31.7 Å². The molecule has 0 fully saturated rings. The highest BCUT2D eigenvalue weighted by Gasteiger charge is 2.16. The van der Waals surface area contributed by atoms with Crippen LogP contribution in [0.5, 0.6) is 0 Å². The van der Waals surface area contributed by atoms with Crippen LogP contribution in [0.15, 0.2) is 43.0 Å². The first-order valence-electron chi connectivity index (χ1n) is 7.74. The zero-order valence-corrected chi connectivity index (χ0v) is 13.2. The van der Waals surface area contributed by atoms with Crippen molar-refractivity contribution in [2.45, 2.75) is 51.7 Å². The van der Waals surface area contributed by atoms with Gasteiger partial charge in [0.25, 0.3) is 0 Å². The Morgan fingerprint density at radius 3 is 2.64 bits per heavy atom. The van der Waals surface area contributed by atoms with Crippen LogP contribution in [0.3, 0.4) is 0 Å². The van der Waals surface area contributed by atoms with Crippen LogP contribution in [0.25, 0.3) is 0 Å². The maximum atomic E-state index is 11.8. The van der Waals surface area contributed by atoms with Crippen molar-refractivity contribution in [1.82, 2.24) is 5.32 Å². The fourth-order valence-electron chi connectivity index (χ4n) is 1.98. The van der Waals surface area contributed by atoms with Gasteiger partial charge in [-0.2, -0.15) is 0 Å². The molecule has 1 amide bonds. The van der Waals surface area contributed by atoms with E-state index in [0.717, 1.165) is 31.2 Å². The van der Waals surface area contributed by atoms with Gasteiger partial charge in [0.2, 0.25) is 5.91 Å². The maximum absolute atomic E-state index is 11.8. The summed E-state index contributed by atoms with van der Waals surface area (Å²) in [5.41, 5.74) is 0.927. The second-order valence-corrected chi connectivity index (χ2v) is 5.27. The Morgan fingerprint density at radius 1 is 1.23 bits per heavy atom. The van der Waals surface area contributed by atoms with E-state index in [2.05, 4.69) is 11.9 Å². The maximum Gasteiger partial charge on any atom is 0.328 e. The Bertz CT molecular complexity index is 470. The smallest absolute Gasteiger partial charge is 0.328 e. The Balaban J connectivity index is 2.20. The number of ether oxygens (including phenoxy) is 1. The highest BCUT2D eigenvalue weighted by Crippen LogP contribution is 2.04. The SMILES string of the molecule is C=CCCCCCC(=O)N[C@@H](C)C(=O)OCc1ccccc1. The molecule has 0 radical (unpaired) electrons. The number of nitrogens with one attached hydrogen (secondary N) is 1. The molecule has 0 aliphatic heterocycles. The zero-order valence-electron chi connectivity index (χ0n) is 13.2. The van der Waals surface area contributed by atoms with Crippen molar-refractivity contribution in [2.75, 3.05) is 0 Å². The number of hydrogen-bond donors (Lipinski definition) is 1. The van der Waals surface area contributed by atoms with E-state index in [1.165, 1.54) is 0 Å². The monoisotopic (exact) mass is 303 g/mol. The van der Waals surface area contributed by atoms with E-state index in [4.69, 9.17) is 4.74 Å². The van der Waals surface area contributed by atoms with E-state index in [1.54, 1.807) is 6.92 Å². The first-order chi connectivity index (χ1) is 10.6. The summed E-state index contributed by atoms with van der Waals surface area (Å²) in [5, 5.41) is 2.67. The second kappa shape index (κ2) is 10.6. The molecule has 4 nitrogen and oxygen atoms in total. The van der Waals surface area contributed by atoms with E-state index in [-0.39, 0.29) is 12.5 Å². The fraction of sp³-hybridized carbons (Fsp3) is 0.444. The van der Waals surface area contributed by atoms with Gasteiger partial charge in [-0.25, -0.2) is 4.79 Å². The quantitative estimate of drug-likeness (QED) is 0.409. The predicted octanol–water partition coefficient (Wildman–Crippen LogP) is 3.37. The first-order valence-corrected chi connectivity index (χ1v) is 7.74. The third kappa shape index (κ3) is 7.62. The van der Waals surface area contributed by atoms with Crippen LogP contribution in [0, 0.1) is 0 Å². The number of amides is 1. The van der Waals surface area contributed by atoms with Crippen LogP contribution in [-0.4, -0.2) is 17.9 Å². The molecule has 0 saturated heterocycles. The van der Waals surface area contributed by atoms with Crippen LogP contribution in [0.4, 0.5) is 0 Å². The summed E-state index contributed by atoms with van der Waals surface area (Å²) in [6.07, 6.45) is 6.16. The summed E-state index contributed by atoms with van der Waals surface area (Å²) in [7, 11) is 0. The Labute approximate surface area is 132 Å². The highest BCUT2D eigenvalue weighted by atomic mass is 16.5. The number of benzene rings is 1. The highest BCUT2D eigenvalue weighted by molar-refractivity contribution is 5.84. The van der Waals surface area contributed by atoms with E-state index in [0.29, 0.717) is 6.42 Å². The third-order valence-corrected chi connectivity index (χ3v) is 3.27. The number of allylic oxidation sites excluding steroid dienone is 1. The molecule has 0 unspecified atom stereocenters. The minimum absolute atomic E-state index is 0.109. The zero-order chi connectivity index (χ0) is 16.2. The van der Waals surface area contributed by atoms with Crippen LogP contribution >= 0.6 is 0 Å². The van der Waals surface area contributed by atoms with E-state index in [1.807, 2.05) is 36.4 Å². The van der Waals surface area contributed by atoms with Gasteiger partial charge in [-0.15, -0.1) is 6.58 Å². The summed E-state index contributed by atoms with van der Waals surface area (Å²) in [5.74, 6) is -0.522. The lowest BCUT2D eigenvalue weighted by Gasteiger charge is -2.13. The summed E-state index contributed by atoms with van der Waals surface area (Å²) in [6.45, 7) is 5.53. The van der Waals surface area contributed by atoms with Crippen molar-refractivity contribution in [3.8, 4) is 0 Å². The van der Waals surface area contributed by atoms with Crippen LogP contribution in [0.2, 0.25) is 0 Å². The molecule has 22 heavy (non-hydrogen) atoms. The molecule has 120 valence electrons. The van der Waals surface area contributed by atoms with Crippen molar-refractivity contribution < 1.29 is 14.3 Å². The lowest BCUT2D eigenvalue weighted by molar-refractivity contribution is -0.148. The molecule has 0 aliphatic rings. The molecule has 1 rings (SSSR count). The topological polar surface area (TPSA) is 55.4 Å². The number of esters is 1. The molecule has 1 aromatic carbocycles. The third-order valence-electron chi connectivity index (χ3n) is 3.27. The fourth-order valence-corrected chi connectivity index (χ4v) is 1.98. The van der Waals surface area contributed by atoms with Gasteiger partial charge < -0.3 is 10.1 Å². The van der Waals surface area contributed by atoms with Gasteiger partial charge in [-0.3, -0.25) is 4.79 Å². The minimum atomic E-state index is -0.621. The molecule has 1 N–H and O–H groups in total.